The second-order valence-electron chi connectivity index (χ2n) is 5.75. The van der Waals surface area contributed by atoms with Crippen LogP contribution in [0, 0.1) is 22.7 Å². The summed E-state index contributed by atoms with van der Waals surface area (Å²) < 4.78 is 5.43. The third-order valence-electron chi connectivity index (χ3n) is 4.76. The van der Waals surface area contributed by atoms with Gasteiger partial charge in [0.05, 0.1) is 18.1 Å². The fourth-order valence-corrected chi connectivity index (χ4v) is 3.52. The molecule has 1 heterocycles. The lowest BCUT2D eigenvalue weighted by molar-refractivity contribution is -0.157. The van der Waals surface area contributed by atoms with Crippen LogP contribution in [0.25, 0.3) is 0 Å². The number of aliphatic hydroxyl groups is 1. The van der Waals surface area contributed by atoms with Crippen LogP contribution in [0.2, 0.25) is 0 Å². The first kappa shape index (κ1) is 12.9. The van der Waals surface area contributed by atoms with Crippen LogP contribution in [-0.4, -0.2) is 23.9 Å². The minimum atomic E-state index is -0.909. The molecular weight excluding hydrogens is 214 g/mol. The molecule has 0 aromatic carbocycles. The first-order valence-electron chi connectivity index (χ1n) is 6.87. The van der Waals surface area contributed by atoms with Crippen molar-refractivity contribution in [2.24, 2.45) is 11.3 Å². The van der Waals surface area contributed by atoms with Gasteiger partial charge >= 0.3 is 0 Å². The Kier molecular flexibility index (Phi) is 3.75. The van der Waals surface area contributed by atoms with E-state index < -0.39 is 11.0 Å². The fourth-order valence-electron chi connectivity index (χ4n) is 3.52. The number of ether oxygens (including phenoxy) is 1. The van der Waals surface area contributed by atoms with Crippen molar-refractivity contribution in [2.45, 2.75) is 57.5 Å². The minimum absolute atomic E-state index is 0.344. The van der Waals surface area contributed by atoms with Crippen molar-refractivity contribution >= 4 is 0 Å². The molecule has 2 fully saturated rings. The number of rotatable bonds is 2. The Bertz CT molecular complexity index is 304. The van der Waals surface area contributed by atoms with E-state index in [1.165, 1.54) is 6.42 Å². The highest BCUT2D eigenvalue weighted by Crippen LogP contribution is 2.50. The third-order valence-corrected chi connectivity index (χ3v) is 4.76. The Hall–Kier alpha value is -0.590. The molecule has 3 nitrogen and oxygen atoms in total. The molecular formula is C14H23NO2. The summed E-state index contributed by atoms with van der Waals surface area (Å²) >= 11 is 0. The van der Waals surface area contributed by atoms with Gasteiger partial charge in [-0.25, -0.2) is 0 Å². The van der Waals surface area contributed by atoms with E-state index in [4.69, 9.17) is 4.74 Å². The van der Waals surface area contributed by atoms with Crippen LogP contribution in [0.1, 0.15) is 51.9 Å². The number of hydrogen-bond acceptors (Lipinski definition) is 3. The summed E-state index contributed by atoms with van der Waals surface area (Å²) in [6.07, 6.45) is 6.65. The predicted molar refractivity (Wildman–Crippen MR) is 65.3 cm³/mol. The van der Waals surface area contributed by atoms with Crippen LogP contribution in [0.5, 0.6) is 0 Å². The van der Waals surface area contributed by atoms with E-state index in [-0.39, 0.29) is 0 Å². The standard InChI is InChI=1S/C14H23NO2/c1-2-12-5-3-6-13(9-12,10-15)14(16)7-4-8-17-11-14/h12,16H,2-9,11H2,1H3. The largest absolute Gasteiger partial charge is 0.386 e. The van der Waals surface area contributed by atoms with Gasteiger partial charge in [0.15, 0.2) is 0 Å². The topological polar surface area (TPSA) is 53.2 Å². The van der Waals surface area contributed by atoms with Crippen LogP contribution < -0.4 is 0 Å². The smallest absolute Gasteiger partial charge is 0.107 e. The van der Waals surface area contributed by atoms with E-state index in [1.54, 1.807) is 0 Å². The second kappa shape index (κ2) is 4.96. The van der Waals surface area contributed by atoms with Crippen LogP contribution in [0.15, 0.2) is 0 Å². The highest BCUT2D eigenvalue weighted by atomic mass is 16.5. The second-order valence-corrected chi connectivity index (χ2v) is 5.75. The molecule has 0 bridgehead atoms. The SMILES string of the molecule is CCC1CCCC(C#N)(C2(O)CCCOC2)C1. The summed E-state index contributed by atoms with van der Waals surface area (Å²) in [7, 11) is 0. The molecule has 0 amide bonds. The Balaban J connectivity index is 2.20. The van der Waals surface area contributed by atoms with E-state index in [2.05, 4.69) is 13.0 Å². The maximum absolute atomic E-state index is 10.8. The van der Waals surface area contributed by atoms with E-state index in [0.29, 0.717) is 12.5 Å². The zero-order chi connectivity index (χ0) is 12.4. The van der Waals surface area contributed by atoms with Crippen molar-refractivity contribution < 1.29 is 9.84 Å². The molecule has 1 aliphatic carbocycles. The van der Waals surface area contributed by atoms with Crippen molar-refractivity contribution in [1.29, 1.82) is 5.26 Å². The molecule has 0 aromatic heterocycles. The maximum atomic E-state index is 10.8. The molecule has 0 aromatic rings. The molecule has 2 aliphatic rings. The molecule has 1 N–H and O–H groups in total. The van der Waals surface area contributed by atoms with Crippen molar-refractivity contribution in [3.05, 3.63) is 0 Å². The van der Waals surface area contributed by atoms with Gasteiger partial charge in [0.2, 0.25) is 0 Å². The molecule has 17 heavy (non-hydrogen) atoms. The van der Waals surface area contributed by atoms with Crippen molar-refractivity contribution in [2.75, 3.05) is 13.2 Å². The summed E-state index contributed by atoms with van der Waals surface area (Å²) in [6.45, 7) is 3.25. The lowest BCUT2D eigenvalue weighted by atomic mass is 9.59. The fraction of sp³-hybridized carbons (Fsp3) is 0.929. The quantitative estimate of drug-likeness (QED) is 0.803. The molecule has 0 spiro atoms. The molecule has 96 valence electrons. The van der Waals surface area contributed by atoms with Gasteiger partial charge in [-0.3, -0.25) is 0 Å². The molecule has 1 saturated carbocycles. The monoisotopic (exact) mass is 237 g/mol. The summed E-state index contributed by atoms with van der Waals surface area (Å²) in [6, 6.07) is 2.46. The first-order valence-corrected chi connectivity index (χ1v) is 6.87. The van der Waals surface area contributed by atoms with Crippen molar-refractivity contribution in [1.82, 2.24) is 0 Å². The van der Waals surface area contributed by atoms with Crippen LogP contribution in [0.4, 0.5) is 0 Å². The van der Waals surface area contributed by atoms with E-state index in [0.717, 1.165) is 45.1 Å². The Morgan fingerprint density at radius 3 is 2.82 bits per heavy atom. The van der Waals surface area contributed by atoms with E-state index in [9.17, 15) is 10.4 Å². The van der Waals surface area contributed by atoms with Gasteiger partial charge in [-0.15, -0.1) is 0 Å². The zero-order valence-electron chi connectivity index (χ0n) is 10.7. The summed E-state index contributed by atoms with van der Waals surface area (Å²) in [4.78, 5) is 0. The number of nitrogens with zero attached hydrogens (tertiary/aromatic N) is 1. The van der Waals surface area contributed by atoms with Gasteiger partial charge in [0, 0.05) is 6.61 Å². The van der Waals surface area contributed by atoms with E-state index >= 15 is 0 Å². The number of hydrogen-bond donors (Lipinski definition) is 1. The summed E-state index contributed by atoms with van der Waals surface area (Å²) in [5.41, 5.74) is -1.47. The Labute approximate surface area is 104 Å². The zero-order valence-corrected chi connectivity index (χ0v) is 10.7. The van der Waals surface area contributed by atoms with Gasteiger partial charge in [-0.05, 0) is 31.6 Å². The number of nitriles is 1. The van der Waals surface area contributed by atoms with Gasteiger partial charge in [-0.1, -0.05) is 26.2 Å². The lowest BCUT2D eigenvalue weighted by Crippen LogP contribution is -2.54. The lowest BCUT2D eigenvalue weighted by Gasteiger charge is -2.48. The molecule has 0 radical (unpaired) electrons. The van der Waals surface area contributed by atoms with E-state index in [1.807, 2.05) is 0 Å². The maximum Gasteiger partial charge on any atom is 0.107 e. The molecule has 1 aliphatic heterocycles. The van der Waals surface area contributed by atoms with Gasteiger partial charge in [-0.2, -0.15) is 5.26 Å². The van der Waals surface area contributed by atoms with Crippen LogP contribution in [-0.2, 0) is 4.74 Å². The third kappa shape index (κ3) is 2.21. The van der Waals surface area contributed by atoms with Gasteiger partial charge < -0.3 is 9.84 Å². The van der Waals surface area contributed by atoms with Crippen molar-refractivity contribution in [3.63, 3.8) is 0 Å². The van der Waals surface area contributed by atoms with Crippen LogP contribution in [0.3, 0.4) is 0 Å². The first-order chi connectivity index (χ1) is 8.16. The summed E-state index contributed by atoms with van der Waals surface area (Å²) in [5, 5.41) is 20.4. The van der Waals surface area contributed by atoms with Crippen molar-refractivity contribution in [3.8, 4) is 6.07 Å². The molecule has 3 unspecified atom stereocenters. The minimum Gasteiger partial charge on any atom is -0.386 e. The molecule has 2 rings (SSSR count). The highest BCUT2D eigenvalue weighted by molar-refractivity contribution is 5.14. The van der Waals surface area contributed by atoms with Gasteiger partial charge in [0.1, 0.15) is 5.60 Å². The summed E-state index contributed by atoms with van der Waals surface area (Å²) in [5.74, 6) is 0.592. The molecule has 3 heteroatoms. The van der Waals surface area contributed by atoms with Gasteiger partial charge in [0.25, 0.3) is 0 Å². The van der Waals surface area contributed by atoms with Crippen LogP contribution >= 0.6 is 0 Å². The normalized spacial score (nSPS) is 43.0. The average molecular weight is 237 g/mol. The highest BCUT2D eigenvalue weighted by Gasteiger charge is 2.53. The Morgan fingerprint density at radius 1 is 1.41 bits per heavy atom. The Morgan fingerprint density at radius 2 is 2.24 bits per heavy atom. The molecule has 3 atom stereocenters. The molecule has 1 saturated heterocycles. The average Bonchev–Trinajstić information content (AvgIpc) is 2.39. The predicted octanol–water partition coefficient (Wildman–Crippen LogP) is 2.64.